The molecule has 0 spiro atoms. The molecule has 0 saturated heterocycles. The molecule has 20 heavy (non-hydrogen) atoms. The summed E-state index contributed by atoms with van der Waals surface area (Å²) in [6.45, 7) is 3.91. The lowest BCUT2D eigenvalue weighted by atomic mass is 10.1. The van der Waals surface area contributed by atoms with Crippen molar-refractivity contribution in [2.24, 2.45) is 0 Å². The number of anilines is 1. The summed E-state index contributed by atoms with van der Waals surface area (Å²) < 4.78 is 5.33. The molecule has 2 aromatic heterocycles. The fourth-order valence-electron chi connectivity index (χ4n) is 1.98. The monoisotopic (exact) mass is 266 g/mol. The summed E-state index contributed by atoms with van der Waals surface area (Å²) >= 11 is 0. The topological polar surface area (TPSA) is 77.8 Å². The smallest absolute Gasteiger partial charge is 0.258 e. The number of nitrogens with zero attached hydrogens (tertiary/aromatic N) is 3. The van der Waals surface area contributed by atoms with E-state index in [-0.39, 0.29) is 0 Å². The Morgan fingerprint density at radius 3 is 2.70 bits per heavy atom. The van der Waals surface area contributed by atoms with Crippen LogP contribution in [0.25, 0.3) is 22.8 Å². The quantitative estimate of drug-likeness (QED) is 0.721. The minimum Gasteiger partial charge on any atom is -0.399 e. The van der Waals surface area contributed by atoms with Crippen molar-refractivity contribution in [2.45, 2.75) is 13.8 Å². The molecule has 100 valence electrons. The summed E-state index contributed by atoms with van der Waals surface area (Å²) in [5.41, 5.74) is 10.3. The lowest BCUT2D eigenvalue weighted by Gasteiger charge is -2.00. The van der Waals surface area contributed by atoms with Gasteiger partial charge in [0.25, 0.3) is 5.89 Å². The van der Waals surface area contributed by atoms with E-state index in [0.717, 1.165) is 27.9 Å². The first-order chi connectivity index (χ1) is 9.65. The van der Waals surface area contributed by atoms with E-state index < -0.39 is 0 Å². The van der Waals surface area contributed by atoms with Crippen LogP contribution in [0.3, 0.4) is 0 Å². The predicted octanol–water partition coefficient (Wildman–Crippen LogP) is 3.00. The molecular weight excluding hydrogens is 252 g/mol. The third kappa shape index (κ3) is 2.14. The zero-order chi connectivity index (χ0) is 14.1. The molecule has 0 aliphatic heterocycles. The standard InChI is InChI=1S/C15H14N4O/c1-9-7-11(3-4-13(9)16)15-18-14(19-20-15)12-5-6-17-8-10(12)2/h3-8H,16H2,1-2H3. The number of rotatable bonds is 2. The molecule has 3 rings (SSSR count). The minimum atomic E-state index is 0.485. The number of nitrogens with two attached hydrogens (primary N) is 1. The van der Waals surface area contributed by atoms with Crippen LogP contribution in [0.2, 0.25) is 0 Å². The summed E-state index contributed by atoms with van der Waals surface area (Å²) in [5, 5.41) is 4.03. The maximum absolute atomic E-state index is 5.81. The van der Waals surface area contributed by atoms with Crippen LogP contribution in [0.4, 0.5) is 5.69 Å². The average Bonchev–Trinajstić information content (AvgIpc) is 2.92. The third-order valence-corrected chi connectivity index (χ3v) is 3.20. The molecule has 0 bridgehead atoms. The number of aryl methyl sites for hydroxylation is 2. The average molecular weight is 266 g/mol. The van der Waals surface area contributed by atoms with Gasteiger partial charge in [-0.3, -0.25) is 4.98 Å². The molecular formula is C15H14N4O. The van der Waals surface area contributed by atoms with Crippen LogP contribution in [-0.2, 0) is 0 Å². The van der Waals surface area contributed by atoms with E-state index in [9.17, 15) is 0 Å². The fourth-order valence-corrected chi connectivity index (χ4v) is 1.98. The Balaban J connectivity index is 2.02. The Kier molecular flexibility index (Phi) is 2.95. The second-order valence-electron chi connectivity index (χ2n) is 4.69. The van der Waals surface area contributed by atoms with E-state index in [2.05, 4.69) is 15.1 Å². The van der Waals surface area contributed by atoms with Crippen molar-refractivity contribution < 1.29 is 4.52 Å². The van der Waals surface area contributed by atoms with Crippen LogP contribution >= 0.6 is 0 Å². The summed E-state index contributed by atoms with van der Waals surface area (Å²) in [4.78, 5) is 8.49. The Morgan fingerprint density at radius 2 is 1.95 bits per heavy atom. The van der Waals surface area contributed by atoms with Gasteiger partial charge in [-0.05, 0) is 49.2 Å². The number of hydrogen-bond acceptors (Lipinski definition) is 5. The number of benzene rings is 1. The number of pyridine rings is 1. The van der Waals surface area contributed by atoms with Gasteiger partial charge in [0.15, 0.2) is 0 Å². The first kappa shape index (κ1) is 12.3. The van der Waals surface area contributed by atoms with Gasteiger partial charge in [0.1, 0.15) is 0 Å². The van der Waals surface area contributed by atoms with E-state index in [0.29, 0.717) is 11.7 Å². The van der Waals surface area contributed by atoms with Gasteiger partial charge < -0.3 is 10.3 Å². The van der Waals surface area contributed by atoms with Crippen molar-refractivity contribution in [3.63, 3.8) is 0 Å². The van der Waals surface area contributed by atoms with Crippen molar-refractivity contribution in [2.75, 3.05) is 5.73 Å². The lowest BCUT2D eigenvalue weighted by Crippen LogP contribution is -1.90. The van der Waals surface area contributed by atoms with Gasteiger partial charge in [-0.2, -0.15) is 4.98 Å². The summed E-state index contributed by atoms with van der Waals surface area (Å²) in [6.07, 6.45) is 3.49. The van der Waals surface area contributed by atoms with Crippen LogP contribution in [0.1, 0.15) is 11.1 Å². The minimum absolute atomic E-state index is 0.485. The second-order valence-corrected chi connectivity index (χ2v) is 4.69. The van der Waals surface area contributed by atoms with E-state index in [4.69, 9.17) is 10.3 Å². The summed E-state index contributed by atoms with van der Waals surface area (Å²) in [6, 6.07) is 7.52. The second kappa shape index (κ2) is 4.77. The van der Waals surface area contributed by atoms with Gasteiger partial charge in [0, 0.05) is 29.2 Å². The van der Waals surface area contributed by atoms with E-state index in [1.165, 1.54) is 0 Å². The highest BCUT2D eigenvalue weighted by atomic mass is 16.5. The Morgan fingerprint density at radius 1 is 1.10 bits per heavy atom. The lowest BCUT2D eigenvalue weighted by molar-refractivity contribution is 0.432. The van der Waals surface area contributed by atoms with Gasteiger partial charge in [-0.25, -0.2) is 0 Å². The first-order valence-electron chi connectivity index (χ1n) is 6.26. The Bertz CT molecular complexity index is 764. The summed E-state index contributed by atoms with van der Waals surface area (Å²) in [7, 11) is 0. The van der Waals surface area contributed by atoms with E-state index in [1.807, 2.05) is 38.1 Å². The molecule has 0 saturated carbocycles. The molecule has 0 unspecified atom stereocenters. The SMILES string of the molecule is Cc1cc(-c2nc(-c3ccncc3C)no2)ccc1N. The molecule has 3 aromatic rings. The molecule has 5 nitrogen and oxygen atoms in total. The number of nitrogen functional groups attached to an aromatic ring is 1. The normalized spacial score (nSPS) is 10.7. The fraction of sp³-hybridized carbons (Fsp3) is 0.133. The number of aromatic nitrogens is 3. The van der Waals surface area contributed by atoms with Crippen molar-refractivity contribution in [1.29, 1.82) is 0 Å². The Labute approximate surface area is 116 Å². The van der Waals surface area contributed by atoms with Crippen LogP contribution in [-0.4, -0.2) is 15.1 Å². The van der Waals surface area contributed by atoms with Crippen molar-refractivity contribution in [1.82, 2.24) is 15.1 Å². The molecule has 0 aliphatic rings. The molecule has 2 N–H and O–H groups in total. The van der Waals surface area contributed by atoms with E-state index in [1.54, 1.807) is 12.4 Å². The Hall–Kier alpha value is -2.69. The third-order valence-electron chi connectivity index (χ3n) is 3.20. The zero-order valence-electron chi connectivity index (χ0n) is 11.3. The highest BCUT2D eigenvalue weighted by molar-refractivity contribution is 5.64. The number of hydrogen-bond donors (Lipinski definition) is 1. The van der Waals surface area contributed by atoms with Crippen LogP contribution in [0.15, 0.2) is 41.2 Å². The van der Waals surface area contributed by atoms with Gasteiger partial charge >= 0.3 is 0 Å². The van der Waals surface area contributed by atoms with Crippen LogP contribution in [0.5, 0.6) is 0 Å². The summed E-state index contributed by atoms with van der Waals surface area (Å²) in [5.74, 6) is 1.05. The molecule has 1 aromatic carbocycles. The zero-order valence-corrected chi connectivity index (χ0v) is 11.3. The molecule has 0 amide bonds. The highest BCUT2D eigenvalue weighted by Gasteiger charge is 2.12. The maximum Gasteiger partial charge on any atom is 0.258 e. The molecule has 0 fully saturated rings. The highest BCUT2D eigenvalue weighted by Crippen LogP contribution is 2.25. The molecule has 5 heteroatoms. The van der Waals surface area contributed by atoms with Gasteiger partial charge in [0.2, 0.25) is 5.82 Å². The molecule has 0 radical (unpaired) electrons. The van der Waals surface area contributed by atoms with Gasteiger partial charge in [-0.15, -0.1) is 0 Å². The van der Waals surface area contributed by atoms with Crippen molar-refractivity contribution >= 4 is 5.69 Å². The van der Waals surface area contributed by atoms with Crippen LogP contribution < -0.4 is 5.73 Å². The van der Waals surface area contributed by atoms with Gasteiger partial charge in [-0.1, -0.05) is 5.16 Å². The largest absolute Gasteiger partial charge is 0.399 e. The predicted molar refractivity (Wildman–Crippen MR) is 76.9 cm³/mol. The van der Waals surface area contributed by atoms with Crippen molar-refractivity contribution in [3.05, 3.63) is 47.8 Å². The maximum atomic E-state index is 5.81. The van der Waals surface area contributed by atoms with Crippen LogP contribution in [0, 0.1) is 13.8 Å². The van der Waals surface area contributed by atoms with E-state index >= 15 is 0 Å². The van der Waals surface area contributed by atoms with Gasteiger partial charge in [0.05, 0.1) is 0 Å². The first-order valence-corrected chi connectivity index (χ1v) is 6.26. The molecule has 2 heterocycles. The van der Waals surface area contributed by atoms with Crippen molar-refractivity contribution in [3.8, 4) is 22.8 Å². The molecule has 0 aliphatic carbocycles. The molecule has 0 atom stereocenters.